The van der Waals surface area contributed by atoms with Gasteiger partial charge in [0.05, 0.1) is 35.9 Å². The number of nitrogens with one attached hydrogen (secondary N) is 1. The molecular formula is C42H34N8O4. The van der Waals surface area contributed by atoms with Gasteiger partial charge in [0.25, 0.3) is 5.91 Å². The highest BCUT2D eigenvalue weighted by atomic mass is 16.7. The molecule has 9 rings (SSSR count). The molecule has 1 atom stereocenters. The number of nitrogens with two attached hydrogens (primary N) is 1. The van der Waals surface area contributed by atoms with Gasteiger partial charge in [-0.25, -0.2) is 19.6 Å². The fourth-order valence-corrected chi connectivity index (χ4v) is 7.11. The Morgan fingerprint density at radius 1 is 0.963 bits per heavy atom. The van der Waals surface area contributed by atoms with Crippen molar-refractivity contribution < 1.29 is 19.0 Å². The van der Waals surface area contributed by atoms with Crippen LogP contribution in [0.3, 0.4) is 0 Å². The van der Waals surface area contributed by atoms with Crippen LogP contribution < -0.4 is 15.8 Å². The number of aryl methyl sites for hydroxylation is 1. The van der Waals surface area contributed by atoms with Gasteiger partial charge >= 0.3 is 0 Å². The maximum Gasteiger partial charge on any atom is 0.251 e. The molecule has 3 N–H and O–H groups in total. The molecule has 2 aliphatic rings. The van der Waals surface area contributed by atoms with Crippen LogP contribution in [0.5, 0.6) is 5.75 Å². The van der Waals surface area contributed by atoms with Crippen molar-refractivity contribution in [3.8, 4) is 41.0 Å². The Kier molecular flexibility index (Phi) is 8.55. The van der Waals surface area contributed by atoms with Crippen LogP contribution in [0.2, 0.25) is 0 Å². The van der Waals surface area contributed by atoms with Crippen LogP contribution in [-0.2, 0) is 22.5 Å². The lowest BCUT2D eigenvalue weighted by atomic mass is 10.1. The van der Waals surface area contributed by atoms with Gasteiger partial charge in [-0.3, -0.25) is 9.36 Å². The number of ether oxygens (including phenoxy) is 3. The minimum absolute atomic E-state index is 0.191. The number of amides is 1. The van der Waals surface area contributed by atoms with Gasteiger partial charge in [-0.05, 0) is 78.1 Å². The van der Waals surface area contributed by atoms with E-state index in [0.717, 1.165) is 35.2 Å². The van der Waals surface area contributed by atoms with E-state index < -0.39 is 6.29 Å². The summed E-state index contributed by atoms with van der Waals surface area (Å²) >= 11 is 0. The van der Waals surface area contributed by atoms with Crippen LogP contribution in [0.1, 0.15) is 56.9 Å². The van der Waals surface area contributed by atoms with E-state index in [1.807, 2.05) is 71.4 Å². The van der Waals surface area contributed by atoms with E-state index in [4.69, 9.17) is 36.3 Å². The average Bonchev–Trinajstić information content (AvgIpc) is 4.05. The summed E-state index contributed by atoms with van der Waals surface area (Å²) in [6.07, 6.45) is 12.0. The molecule has 5 heterocycles. The third-order valence-corrected chi connectivity index (χ3v) is 9.73. The first-order valence-electron chi connectivity index (χ1n) is 17.6. The predicted molar refractivity (Wildman–Crippen MR) is 202 cm³/mol. The second kappa shape index (κ2) is 14.0. The number of hydrogen-bond donors (Lipinski definition) is 2. The molecule has 0 bridgehead atoms. The number of nitrogen functional groups attached to an aromatic ring is 1. The zero-order chi connectivity index (χ0) is 36.6. The number of carbonyl (C=O) groups is 1. The van der Waals surface area contributed by atoms with Crippen molar-refractivity contribution in [2.24, 2.45) is 0 Å². The lowest BCUT2D eigenvalue weighted by Gasteiger charge is -2.19. The monoisotopic (exact) mass is 714 g/mol. The molecule has 1 amide bonds. The maximum atomic E-state index is 13.8. The number of pyridine rings is 2. The van der Waals surface area contributed by atoms with E-state index in [2.05, 4.69) is 33.5 Å². The summed E-state index contributed by atoms with van der Waals surface area (Å²) < 4.78 is 21.4. The number of anilines is 1. The van der Waals surface area contributed by atoms with Crippen LogP contribution in [0.15, 0.2) is 110 Å². The Hall–Kier alpha value is -6.81. The van der Waals surface area contributed by atoms with E-state index in [0.29, 0.717) is 76.4 Å². The van der Waals surface area contributed by atoms with Gasteiger partial charge in [0.1, 0.15) is 23.7 Å². The molecule has 0 radical (unpaired) electrons. The van der Waals surface area contributed by atoms with Crippen molar-refractivity contribution in [3.05, 3.63) is 143 Å². The fourth-order valence-electron chi connectivity index (χ4n) is 7.11. The molecule has 3 aromatic carbocycles. The summed E-state index contributed by atoms with van der Waals surface area (Å²) in [4.78, 5) is 28.1. The van der Waals surface area contributed by atoms with Gasteiger partial charge in [0, 0.05) is 35.9 Å². The van der Waals surface area contributed by atoms with Crippen LogP contribution >= 0.6 is 0 Å². The number of fused-ring (bicyclic) bond motifs is 2. The quantitative estimate of drug-likeness (QED) is 0.165. The Morgan fingerprint density at radius 2 is 1.83 bits per heavy atom. The third kappa shape index (κ3) is 6.11. The molecular weight excluding hydrogens is 681 g/mol. The number of nitrogens with zero attached hydrogens (tertiary/aromatic N) is 6. The number of carbonyl (C=O) groups excluding carboxylic acids is 1. The first kappa shape index (κ1) is 33.1. The standard InChI is InChI=1S/C42H34N8O4/c1-2-27-24-36(49-19-7-18-45-49)47-40-37(27)48-39(32-10-6-17-44-38(32)43)50(40)30-13-14-31-28(22-30)11-15-34(31)46-41(51)29-12-16-35(33(23-29)42-52-20-21-53-42)54-25-26-8-4-3-5-9-26/h1,3-10,12-14,16-19,22-24,34,42H,11,15,20-21,25H2,(H2,43,44)(H,46,51)/t34-/m0/s1. The molecule has 7 aromatic rings. The maximum absolute atomic E-state index is 13.8. The lowest BCUT2D eigenvalue weighted by molar-refractivity contribution is -0.0459. The first-order chi connectivity index (χ1) is 26.5. The topological polar surface area (TPSA) is 144 Å². The van der Waals surface area contributed by atoms with Crippen molar-refractivity contribution in [2.45, 2.75) is 31.8 Å². The van der Waals surface area contributed by atoms with Crippen molar-refractivity contribution in [1.82, 2.24) is 34.6 Å². The van der Waals surface area contributed by atoms with Gasteiger partial charge in [-0.2, -0.15) is 5.10 Å². The second-order valence-corrected chi connectivity index (χ2v) is 13.1. The lowest BCUT2D eigenvalue weighted by Crippen LogP contribution is -2.27. The normalized spacial score (nSPS) is 15.3. The molecule has 12 heteroatoms. The minimum Gasteiger partial charge on any atom is -0.488 e. The highest BCUT2D eigenvalue weighted by molar-refractivity contribution is 5.95. The van der Waals surface area contributed by atoms with Gasteiger partial charge in [0.2, 0.25) is 0 Å². The van der Waals surface area contributed by atoms with Crippen LogP contribution in [-0.4, -0.2) is 48.4 Å². The van der Waals surface area contributed by atoms with Gasteiger partial charge in [-0.1, -0.05) is 42.3 Å². The number of benzene rings is 3. The summed E-state index contributed by atoms with van der Waals surface area (Å²) in [5.41, 5.74) is 13.9. The van der Waals surface area contributed by atoms with E-state index in [-0.39, 0.29) is 11.9 Å². The Balaban J connectivity index is 1.03. The molecule has 1 aliphatic carbocycles. The number of rotatable bonds is 9. The zero-order valence-electron chi connectivity index (χ0n) is 29.1. The van der Waals surface area contributed by atoms with Crippen LogP contribution in [0.25, 0.3) is 34.1 Å². The summed E-state index contributed by atoms with van der Waals surface area (Å²) in [7, 11) is 0. The van der Waals surface area contributed by atoms with Crippen molar-refractivity contribution >= 4 is 22.9 Å². The summed E-state index contributed by atoms with van der Waals surface area (Å²) in [6.45, 7) is 1.32. The Bertz CT molecular complexity index is 2550. The van der Waals surface area contributed by atoms with Crippen molar-refractivity contribution in [3.63, 3.8) is 0 Å². The van der Waals surface area contributed by atoms with E-state index >= 15 is 0 Å². The van der Waals surface area contributed by atoms with Crippen LogP contribution in [0, 0.1) is 12.3 Å². The zero-order valence-corrected chi connectivity index (χ0v) is 29.1. The molecule has 54 heavy (non-hydrogen) atoms. The summed E-state index contributed by atoms with van der Waals surface area (Å²) in [6, 6.07) is 28.6. The van der Waals surface area contributed by atoms with E-state index in [1.165, 1.54) is 0 Å². The smallest absolute Gasteiger partial charge is 0.251 e. The largest absolute Gasteiger partial charge is 0.488 e. The second-order valence-electron chi connectivity index (χ2n) is 13.1. The molecule has 4 aromatic heterocycles. The van der Waals surface area contributed by atoms with Gasteiger partial charge in [0.15, 0.2) is 23.6 Å². The highest BCUT2D eigenvalue weighted by Gasteiger charge is 2.29. The van der Waals surface area contributed by atoms with Gasteiger partial charge < -0.3 is 25.3 Å². The summed E-state index contributed by atoms with van der Waals surface area (Å²) in [5, 5.41) is 7.64. The number of aromatic nitrogens is 6. The minimum atomic E-state index is -0.609. The van der Waals surface area contributed by atoms with Gasteiger partial charge in [-0.15, -0.1) is 6.42 Å². The Morgan fingerprint density at radius 3 is 2.63 bits per heavy atom. The molecule has 0 unspecified atom stereocenters. The molecule has 12 nitrogen and oxygen atoms in total. The SMILES string of the molecule is C#Cc1cc(-n2cccn2)nc2c1nc(-c1cccnc1N)n2-c1ccc2c(c1)CC[C@@H]2NC(=O)c1ccc(OCc2ccccc2)c(C2OCCO2)c1. The molecule has 266 valence electrons. The highest BCUT2D eigenvalue weighted by Crippen LogP contribution is 2.38. The molecule has 0 saturated carbocycles. The molecule has 1 fully saturated rings. The number of hydrogen-bond acceptors (Lipinski definition) is 9. The predicted octanol–water partition coefficient (Wildman–Crippen LogP) is 6.27. The van der Waals surface area contributed by atoms with Crippen LogP contribution in [0.4, 0.5) is 5.82 Å². The third-order valence-electron chi connectivity index (χ3n) is 9.73. The number of imidazole rings is 1. The summed E-state index contributed by atoms with van der Waals surface area (Å²) in [5.74, 6) is 4.64. The van der Waals surface area contributed by atoms with E-state index in [1.54, 1.807) is 35.3 Å². The fraction of sp³-hybridized carbons (Fsp3) is 0.167. The van der Waals surface area contributed by atoms with E-state index in [9.17, 15) is 4.79 Å². The molecule has 1 saturated heterocycles. The first-order valence-corrected chi connectivity index (χ1v) is 17.6. The number of terminal acetylenes is 1. The molecule has 0 spiro atoms. The average molecular weight is 715 g/mol. The van der Waals surface area contributed by atoms with Crippen molar-refractivity contribution in [1.29, 1.82) is 0 Å². The molecule has 1 aliphatic heterocycles. The van der Waals surface area contributed by atoms with Crippen molar-refractivity contribution in [2.75, 3.05) is 18.9 Å². The Labute approximate surface area is 310 Å².